The first kappa shape index (κ1) is 14.6. The Labute approximate surface area is 107 Å². The second kappa shape index (κ2) is 5.93. The van der Waals surface area contributed by atoms with Crippen molar-refractivity contribution in [2.75, 3.05) is 13.1 Å². The number of hydrogen-bond donors (Lipinski definition) is 2. The third-order valence-electron chi connectivity index (χ3n) is 2.52. The average Bonchev–Trinajstić information content (AvgIpc) is 2.27. The summed E-state index contributed by atoms with van der Waals surface area (Å²) in [6.45, 7) is 7.48. The second-order valence-electron chi connectivity index (χ2n) is 4.96. The number of aromatic nitrogens is 1. The van der Waals surface area contributed by atoms with E-state index in [4.69, 9.17) is 5.11 Å². The molecule has 1 rings (SSSR count). The molecule has 0 aromatic carbocycles. The summed E-state index contributed by atoms with van der Waals surface area (Å²) in [4.78, 5) is 16.9. The number of carboxylic acids is 1. The van der Waals surface area contributed by atoms with Crippen LogP contribution in [0.1, 0.15) is 36.8 Å². The van der Waals surface area contributed by atoms with E-state index >= 15 is 0 Å². The zero-order valence-corrected chi connectivity index (χ0v) is 11.1. The Morgan fingerprint density at radius 3 is 2.50 bits per heavy atom. The highest BCUT2D eigenvalue weighted by molar-refractivity contribution is 5.87. The summed E-state index contributed by atoms with van der Waals surface area (Å²) in [5.41, 5.74) is 0.229. The number of hydrogen-bond acceptors (Lipinski definition) is 4. The van der Waals surface area contributed by atoms with Crippen LogP contribution >= 0.6 is 0 Å². The number of nitrogens with zero attached hydrogens (tertiary/aromatic N) is 2. The molecule has 1 heterocycles. The van der Waals surface area contributed by atoms with E-state index in [9.17, 15) is 9.90 Å². The fourth-order valence-corrected chi connectivity index (χ4v) is 1.70. The second-order valence-corrected chi connectivity index (χ2v) is 4.96. The molecule has 0 amide bonds. The van der Waals surface area contributed by atoms with E-state index in [-0.39, 0.29) is 5.56 Å². The molecule has 0 aliphatic rings. The number of aliphatic hydroxyl groups is 1. The highest BCUT2D eigenvalue weighted by Crippen LogP contribution is 2.09. The molecule has 5 nitrogen and oxygen atoms in total. The van der Waals surface area contributed by atoms with Crippen LogP contribution in [-0.2, 0) is 6.54 Å². The molecule has 0 saturated carbocycles. The number of aromatic carboxylic acids is 1. The summed E-state index contributed by atoms with van der Waals surface area (Å²) in [5, 5.41) is 18.5. The first-order chi connectivity index (χ1) is 8.31. The minimum atomic E-state index is -0.974. The number of pyridine rings is 1. The Bertz CT molecular complexity index is 396. The number of carbonyl (C=O) groups is 1. The van der Waals surface area contributed by atoms with Crippen LogP contribution in [0, 0.1) is 0 Å². The summed E-state index contributed by atoms with van der Waals surface area (Å²) in [6.07, 6.45) is 1.36. The molecule has 1 aromatic rings. The topological polar surface area (TPSA) is 73.7 Å². The van der Waals surface area contributed by atoms with E-state index in [0.29, 0.717) is 13.1 Å². The molecule has 0 aliphatic heterocycles. The summed E-state index contributed by atoms with van der Waals surface area (Å²) < 4.78 is 0. The number of rotatable bonds is 6. The molecule has 0 atom stereocenters. The minimum absolute atomic E-state index is 0.185. The molecule has 0 saturated heterocycles. The molecule has 0 bridgehead atoms. The van der Waals surface area contributed by atoms with Gasteiger partial charge in [-0.3, -0.25) is 9.88 Å². The normalized spacial score (nSPS) is 11.8. The molecule has 2 N–H and O–H groups in total. The molecule has 0 aliphatic carbocycles. The fourth-order valence-electron chi connectivity index (χ4n) is 1.70. The zero-order chi connectivity index (χ0) is 13.8. The van der Waals surface area contributed by atoms with Crippen molar-refractivity contribution in [1.82, 2.24) is 9.88 Å². The van der Waals surface area contributed by atoms with E-state index in [1.165, 1.54) is 6.20 Å². The number of likely N-dealkylation sites (N-methyl/N-ethyl adjacent to an activating group) is 1. The lowest BCUT2D eigenvalue weighted by atomic mass is 10.1. The van der Waals surface area contributed by atoms with Crippen LogP contribution in [0.3, 0.4) is 0 Å². The minimum Gasteiger partial charge on any atom is -0.478 e. The van der Waals surface area contributed by atoms with Crippen LogP contribution in [0.2, 0.25) is 0 Å². The lowest BCUT2D eigenvalue weighted by Crippen LogP contribution is -2.38. The van der Waals surface area contributed by atoms with Gasteiger partial charge in [-0.15, -0.1) is 0 Å². The predicted molar refractivity (Wildman–Crippen MR) is 68.4 cm³/mol. The van der Waals surface area contributed by atoms with E-state index in [1.807, 2.05) is 6.92 Å². The molecule has 0 spiro atoms. The zero-order valence-electron chi connectivity index (χ0n) is 11.1. The van der Waals surface area contributed by atoms with Crippen molar-refractivity contribution in [3.8, 4) is 0 Å². The molecule has 0 fully saturated rings. The maximum absolute atomic E-state index is 10.7. The van der Waals surface area contributed by atoms with Gasteiger partial charge in [0.15, 0.2) is 0 Å². The van der Waals surface area contributed by atoms with Crippen LogP contribution in [0.4, 0.5) is 0 Å². The predicted octanol–water partition coefficient (Wildman–Crippen LogP) is 1.37. The summed E-state index contributed by atoms with van der Waals surface area (Å²) in [6, 6.07) is 3.25. The third-order valence-corrected chi connectivity index (χ3v) is 2.52. The Kier molecular flexibility index (Phi) is 4.81. The van der Waals surface area contributed by atoms with E-state index in [1.54, 1.807) is 26.0 Å². The highest BCUT2D eigenvalue weighted by Gasteiger charge is 2.17. The van der Waals surface area contributed by atoms with Gasteiger partial charge in [-0.2, -0.15) is 0 Å². The van der Waals surface area contributed by atoms with Gasteiger partial charge in [-0.25, -0.2) is 4.79 Å². The van der Waals surface area contributed by atoms with Crippen LogP contribution in [0.5, 0.6) is 0 Å². The Hall–Kier alpha value is -1.46. The van der Waals surface area contributed by atoms with Crippen molar-refractivity contribution < 1.29 is 15.0 Å². The van der Waals surface area contributed by atoms with Gasteiger partial charge >= 0.3 is 5.97 Å². The van der Waals surface area contributed by atoms with Crippen LogP contribution in [0.25, 0.3) is 0 Å². The standard InChI is InChI=1S/C13H20N2O3/c1-4-15(9-13(2,3)18)8-11-6-5-10(7-14-11)12(16)17/h5-7,18H,4,8-9H2,1-3H3,(H,16,17). The number of carboxylic acid groups (broad SMARTS) is 1. The van der Waals surface area contributed by atoms with Crippen molar-refractivity contribution in [3.05, 3.63) is 29.6 Å². The smallest absolute Gasteiger partial charge is 0.337 e. The molecule has 18 heavy (non-hydrogen) atoms. The first-order valence-corrected chi connectivity index (χ1v) is 5.95. The van der Waals surface area contributed by atoms with Crippen molar-refractivity contribution in [2.45, 2.75) is 32.9 Å². The molecular formula is C13H20N2O3. The van der Waals surface area contributed by atoms with Gasteiger partial charge in [0.2, 0.25) is 0 Å². The average molecular weight is 252 g/mol. The summed E-state index contributed by atoms with van der Waals surface area (Å²) in [5.74, 6) is -0.974. The van der Waals surface area contributed by atoms with Crippen LogP contribution in [0.15, 0.2) is 18.3 Å². The van der Waals surface area contributed by atoms with Gasteiger partial charge < -0.3 is 10.2 Å². The van der Waals surface area contributed by atoms with Crippen LogP contribution in [-0.4, -0.2) is 44.8 Å². The monoisotopic (exact) mass is 252 g/mol. The van der Waals surface area contributed by atoms with E-state index < -0.39 is 11.6 Å². The maximum atomic E-state index is 10.7. The van der Waals surface area contributed by atoms with Gasteiger partial charge in [-0.1, -0.05) is 6.92 Å². The summed E-state index contributed by atoms with van der Waals surface area (Å²) >= 11 is 0. The molecule has 0 unspecified atom stereocenters. The Morgan fingerprint density at radius 1 is 1.44 bits per heavy atom. The van der Waals surface area contributed by atoms with Crippen molar-refractivity contribution in [2.24, 2.45) is 0 Å². The van der Waals surface area contributed by atoms with Gasteiger partial charge in [-0.05, 0) is 32.5 Å². The van der Waals surface area contributed by atoms with Gasteiger partial charge in [0.05, 0.1) is 16.9 Å². The lowest BCUT2D eigenvalue weighted by Gasteiger charge is -2.27. The first-order valence-electron chi connectivity index (χ1n) is 5.95. The van der Waals surface area contributed by atoms with Gasteiger partial charge in [0.1, 0.15) is 0 Å². The van der Waals surface area contributed by atoms with Gasteiger partial charge in [0, 0.05) is 19.3 Å². The largest absolute Gasteiger partial charge is 0.478 e. The van der Waals surface area contributed by atoms with Crippen molar-refractivity contribution in [3.63, 3.8) is 0 Å². The molecule has 5 heteroatoms. The molecular weight excluding hydrogens is 232 g/mol. The lowest BCUT2D eigenvalue weighted by molar-refractivity contribution is 0.0350. The Morgan fingerprint density at radius 2 is 2.11 bits per heavy atom. The third kappa shape index (κ3) is 4.81. The maximum Gasteiger partial charge on any atom is 0.337 e. The van der Waals surface area contributed by atoms with E-state index in [2.05, 4.69) is 9.88 Å². The highest BCUT2D eigenvalue weighted by atomic mass is 16.4. The molecule has 0 radical (unpaired) electrons. The summed E-state index contributed by atoms with van der Waals surface area (Å²) in [7, 11) is 0. The quantitative estimate of drug-likeness (QED) is 0.800. The SMILES string of the molecule is CCN(Cc1ccc(C(=O)O)cn1)CC(C)(C)O. The van der Waals surface area contributed by atoms with E-state index in [0.717, 1.165) is 12.2 Å². The molecule has 1 aromatic heterocycles. The van der Waals surface area contributed by atoms with Gasteiger partial charge in [0.25, 0.3) is 0 Å². The Balaban J connectivity index is 2.67. The molecule has 100 valence electrons. The van der Waals surface area contributed by atoms with Crippen molar-refractivity contribution >= 4 is 5.97 Å². The van der Waals surface area contributed by atoms with Crippen LogP contribution < -0.4 is 0 Å². The fraction of sp³-hybridized carbons (Fsp3) is 0.538. The van der Waals surface area contributed by atoms with Crippen molar-refractivity contribution in [1.29, 1.82) is 0 Å².